The molecule has 2 aliphatic rings. The van der Waals surface area contributed by atoms with Crippen molar-refractivity contribution in [1.82, 2.24) is 9.63 Å². The van der Waals surface area contributed by atoms with Crippen molar-refractivity contribution in [3.63, 3.8) is 0 Å². The first-order valence-electron chi connectivity index (χ1n) is 8.48. The molecular formula is C17H22BrN2O5S+. The number of aromatic nitrogens is 1. The molecule has 0 aliphatic carbocycles. The Labute approximate surface area is 162 Å². The molecule has 7 nitrogen and oxygen atoms in total. The van der Waals surface area contributed by atoms with E-state index in [2.05, 4.69) is 29.8 Å². The van der Waals surface area contributed by atoms with E-state index in [-0.39, 0.29) is 18.3 Å². The van der Waals surface area contributed by atoms with Gasteiger partial charge in [-0.2, -0.15) is 5.06 Å². The summed E-state index contributed by atoms with van der Waals surface area (Å²) in [6.45, 7) is 5.86. The Hall–Kier alpha value is -1.16. The summed E-state index contributed by atoms with van der Waals surface area (Å²) in [7, 11) is -0.628. The quantitative estimate of drug-likeness (QED) is 0.563. The molecule has 0 spiro atoms. The lowest BCUT2D eigenvalue weighted by Gasteiger charge is -2.18. The van der Waals surface area contributed by atoms with Crippen molar-refractivity contribution in [3.8, 4) is 0 Å². The Bertz CT molecular complexity index is 809. The number of amides is 1. The van der Waals surface area contributed by atoms with Gasteiger partial charge in [-0.05, 0) is 12.8 Å². The fourth-order valence-electron chi connectivity index (χ4n) is 3.22. The third-order valence-corrected chi connectivity index (χ3v) is 7.70. The van der Waals surface area contributed by atoms with Crippen molar-refractivity contribution < 1.29 is 19.5 Å². The molecule has 1 saturated heterocycles. The van der Waals surface area contributed by atoms with E-state index < -0.39 is 34.5 Å². The van der Waals surface area contributed by atoms with Crippen LogP contribution in [0.15, 0.2) is 15.8 Å². The predicted octanol–water partition coefficient (Wildman–Crippen LogP) is 1.60. The van der Waals surface area contributed by atoms with Gasteiger partial charge in [-0.1, -0.05) is 29.8 Å². The highest BCUT2D eigenvalue weighted by Gasteiger charge is 2.50. The van der Waals surface area contributed by atoms with Crippen LogP contribution in [-0.4, -0.2) is 50.9 Å². The zero-order chi connectivity index (χ0) is 19.2. The summed E-state index contributed by atoms with van der Waals surface area (Å²) in [6, 6.07) is 1.15. The Morgan fingerprint density at radius 1 is 1.46 bits per heavy atom. The number of aliphatic hydroxyl groups is 1. The molecule has 1 fully saturated rings. The summed E-state index contributed by atoms with van der Waals surface area (Å²) in [6.07, 6.45) is -0.770. The lowest BCUT2D eigenvalue weighted by molar-refractivity contribution is -0.112. The minimum atomic E-state index is -0.770. The summed E-state index contributed by atoms with van der Waals surface area (Å²) in [5.41, 5.74) is 0.426. The van der Waals surface area contributed by atoms with Gasteiger partial charge in [-0.3, -0.25) is 9.63 Å². The molecule has 0 radical (unpaired) electrons. The van der Waals surface area contributed by atoms with Gasteiger partial charge in [0.15, 0.2) is 4.90 Å². The zero-order valence-electron chi connectivity index (χ0n) is 14.9. The molecule has 26 heavy (non-hydrogen) atoms. The largest absolute Gasteiger partial charge is 0.389 e. The average molecular weight is 446 g/mol. The molecule has 1 aromatic rings. The van der Waals surface area contributed by atoms with Crippen molar-refractivity contribution in [1.29, 1.82) is 0 Å². The van der Waals surface area contributed by atoms with E-state index >= 15 is 0 Å². The highest BCUT2D eigenvalue weighted by Crippen LogP contribution is 2.37. The molecule has 1 aromatic heterocycles. The number of fused-ring (bicyclic) bond motifs is 1. The van der Waals surface area contributed by atoms with Crippen LogP contribution in [0, 0.1) is 5.92 Å². The number of nitrogens with zero attached hydrogens (tertiary/aromatic N) is 2. The SMILES string of the molecule is CC(C)C[S+]1C(=O)[C@@H](C)c2c1cc(CBr)n(C(=O)N1CC(O)CO1)c2=O. The molecule has 142 valence electrons. The van der Waals surface area contributed by atoms with Gasteiger partial charge in [0.2, 0.25) is 0 Å². The van der Waals surface area contributed by atoms with Crippen LogP contribution in [0.25, 0.3) is 0 Å². The van der Waals surface area contributed by atoms with Gasteiger partial charge in [0, 0.05) is 17.1 Å². The van der Waals surface area contributed by atoms with Crippen LogP contribution in [0.2, 0.25) is 0 Å². The summed E-state index contributed by atoms with van der Waals surface area (Å²) < 4.78 is 1.05. The van der Waals surface area contributed by atoms with E-state index in [0.29, 0.717) is 28.3 Å². The van der Waals surface area contributed by atoms with Gasteiger partial charge in [-0.15, -0.1) is 0 Å². The van der Waals surface area contributed by atoms with Crippen molar-refractivity contribution >= 4 is 38.0 Å². The standard InChI is InChI=1S/C17H22BrN2O5S/c1-9(2)8-26-13-4-11(5-18)20(15(22)14(13)10(3)16(26)23)17(24)19-6-12(21)7-25-19/h4,9-10,12,21H,5-8H2,1-3H3/q+1/t10-,12?,26?/m0/s1. The van der Waals surface area contributed by atoms with Gasteiger partial charge >= 0.3 is 11.1 Å². The third-order valence-electron chi connectivity index (χ3n) is 4.42. The number of carbonyl (C=O) groups excluding carboxylic acids is 2. The number of carbonyl (C=O) groups is 2. The van der Waals surface area contributed by atoms with Crippen LogP contribution in [0.1, 0.15) is 37.9 Å². The first-order valence-corrected chi connectivity index (χ1v) is 11.0. The molecule has 0 saturated carbocycles. The number of alkyl halides is 1. The fourth-order valence-corrected chi connectivity index (χ4v) is 6.22. The lowest BCUT2D eigenvalue weighted by Crippen LogP contribution is -2.41. The van der Waals surface area contributed by atoms with Crippen LogP contribution in [0.4, 0.5) is 4.79 Å². The zero-order valence-corrected chi connectivity index (χ0v) is 17.3. The second kappa shape index (κ2) is 7.46. The molecule has 3 rings (SSSR count). The Morgan fingerprint density at radius 3 is 2.69 bits per heavy atom. The van der Waals surface area contributed by atoms with Crippen molar-refractivity contribution in [2.75, 3.05) is 18.9 Å². The number of hydrogen-bond donors (Lipinski definition) is 1. The lowest BCUT2D eigenvalue weighted by atomic mass is 10.0. The van der Waals surface area contributed by atoms with Crippen LogP contribution in [0.5, 0.6) is 0 Å². The number of pyridine rings is 1. The third kappa shape index (κ3) is 3.26. The van der Waals surface area contributed by atoms with Crippen molar-refractivity contribution in [3.05, 3.63) is 27.7 Å². The molecule has 0 aromatic carbocycles. The Kier molecular flexibility index (Phi) is 5.62. The van der Waals surface area contributed by atoms with Crippen LogP contribution in [-0.2, 0) is 25.9 Å². The minimum Gasteiger partial charge on any atom is -0.389 e. The fraction of sp³-hybridized carbons (Fsp3) is 0.588. The second-order valence-electron chi connectivity index (χ2n) is 6.97. The highest BCUT2D eigenvalue weighted by atomic mass is 79.9. The molecule has 9 heteroatoms. The normalized spacial score (nSPS) is 25.2. The summed E-state index contributed by atoms with van der Waals surface area (Å²) >= 11 is 3.34. The topological polar surface area (TPSA) is 88.8 Å². The number of β-amino-alcohol motifs (C(OH)–C–C–N with tert-alkyl or cyclic N) is 1. The predicted molar refractivity (Wildman–Crippen MR) is 102 cm³/mol. The Balaban J connectivity index is 2.11. The number of hydroxylamine groups is 2. The maximum Gasteiger partial charge on any atom is 0.355 e. The summed E-state index contributed by atoms with van der Waals surface area (Å²) in [5.74, 6) is 0.515. The number of hydrogen-bond acceptors (Lipinski definition) is 5. The van der Waals surface area contributed by atoms with Gasteiger partial charge < -0.3 is 5.11 Å². The van der Waals surface area contributed by atoms with Gasteiger partial charge in [0.25, 0.3) is 5.56 Å². The van der Waals surface area contributed by atoms with Gasteiger partial charge in [0.05, 0.1) is 23.0 Å². The summed E-state index contributed by atoms with van der Waals surface area (Å²) in [5, 5.41) is 10.9. The van der Waals surface area contributed by atoms with E-state index in [4.69, 9.17) is 4.84 Å². The number of halogens is 1. The van der Waals surface area contributed by atoms with Crippen LogP contribution >= 0.6 is 15.9 Å². The van der Waals surface area contributed by atoms with E-state index in [9.17, 15) is 19.5 Å². The molecule has 1 amide bonds. The molecular weight excluding hydrogens is 424 g/mol. The molecule has 2 aliphatic heterocycles. The first-order chi connectivity index (χ1) is 12.3. The second-order valence-corrected chi connectivity index (χ2v) is 9.49. The highest BCUT2D eigenvalue weighted by molar-refractivity contribution is 9.08. The molecule has 3 heterocycles. The maximum atomic E-state index is 13.1. The monoisotopic (exact) mass is 445 g/mol. The Morgan fingerprint density at radius 2 is 2.15 bits per heavy atom. The van der Waals surface area contributed by atoms with Gasteiger partial charge in [0.1, 0.15) is 24.4 Å². The first kappa shape index (κ1) is 19.6. The van der Waals surface area contributed by atoms with Crippen molar-refractivity contribution in [2.24, 2.45) is 5.92 Å². The van der Waals surface area contributed by atoms with E-state index in [0.717, 1.165) is 14.5 Å². The van der Waals surface area contributed by atoms with E-state index in [1.165, 1.54) is 0 Å². The van der Waals surface area contributed by atoms with Crippen LogP contribution < -0.4 is 5.56 Å². The smallest absolute Gasteiger partial charge is 0.355 e. The number of aliphatic hydroxyl groups excluding tert-OH is 1. The molecule has 1 N–H and O–H groups in total. The van der Waals surface area contributed by atoms with Gasteiger partial charge in [-0.25, -0.2) is 14.2 Å². The van der Waals surface area contributed by atoms with Crippen molar-refractivity contribution in [2.45, 2.75) is 43.0 Å². The summed E-state index contributed by atoms with van der Waals surface area (Å²) in [4.78, 5) is 44.6. The maximum absolute atomic E-state index is 13.1. The average Bonchev–Trinajstić information content (AvgIpc) is 3.11. The molecule has 3 atom stereocenters. The molecule has 0 bridgehead atoms. The van der Waals surface area contributed by atoms with Crippen LogP contribution in [0.3, 0.4) is 0 Å². The van der Waals surface area contributed by atoms with E-state index in [1.807, 2.05) is 0 Å². The molecule has 2 unspecified atom stereocenters. The van der Waals surface area contributed by atoms with E-state index in [1.54, 1.807) is 13.0 Å². The minimum absolute atomic E-state index is 0.0102. The number of rotatable bonds is 3.